The number of aryl methyl sites for hydroxylation is 2. The highest BCUT2D eigenvalue weighted by atomic mass is 14.5. The molecule has 0 N–H and O–H groups in total. The van der Waals surface area contributed by atoms with Crippen molar-refractivity contribution in [3.8, 4) is 22.3 Å². The van der Waals surface area contributed by atoms with Crippen LogP contribution in [0.15, 0.2) is 84.9 Å². The van der Waals surface area contributed by atoms with Crippen molar-refractivity contribution in [3.63, 3.8) is 0 Å². The number of hydrogen-bond donors (Lipinski definition) is 0. The van der Waals surface area contributed by atoms with Gasteiger partial charge < -0.3 is 0 Å². The molecular weight excluding hydrogens is 336 g/mol. The zero-order valence-corrected chi connectivity index (χ0v) is 16.3. The molecular formula is C28H22. The minimum Gasteiger partial charge on any atom is -0.0619 e. The Bertz CT molecular complexity index is 1210. The Hall–Kier alpha value is -3.12. The zero-order chi connectivity index (χ0) is 18.9. The van der Waals surface area contributed by atoms with E-state index < -0.39 is 0 Å². The summed E-state index contributed by atoms with van der Waals surface area (Å²) in [5.41, 5.74) is 13.8. The van der Waals surface area contributed by atoms with E-state index in [9.17, 15) is 0 Å². The molecule has 6 rings (SSSR count). The van der Waals surface area contributed by atoms with Gasteiger partial charge >= 0.3 is 0 Å². The van der Waals surface area contributed by atoms with Gasteiger partial charge in [0.2, 0.25) is 0 Å². The molecule has 0 heteroatoms. The van der Waals surface area contributed by atoms with Gasteiger partial charge in [-0.2, -0.15) is 0 Å². The van der Waals surface area contributed by atoms with Gasteiger partial charge in [-0.1, -0.05) is 97.4 Å². The Morgan fingerprint density at radius 2 is 1.18 bits per heavy atom. The standard InChI is InChI=1S/C28H22/c1-3-19-13-14-22-23-16-18(2)12-15-26(23)28(27(22)17-19)24-10-6-4-8-20(24)21-9-5-7-11-25(21)28/h4-17H,3H2,1-2H3. The fourth-order valence-electron chi connectivity index (χ4n) is 5.52. The smallest absolute Gasteiger partial charge is 0.0619 e. The summed E-state index contributed by atoms with van der Waals surface area (Å²) in [7, 11) is 0. The van der Waals surface area contributed by atoms with Crippen LogP contribution in [0.25, 0.3) is 22.3 Å². The van der Waals surface area contributed by atoms with Crippen molar-refractivity contribution < 1.29 is 0 Å². The molecule has 0 saturated heterocycles. The molecule has 0 fully saturated rings. The van der Waals surface area contributed by atoms with Gasteiger partial charge in [-0.15, -0.1) is 0 Å². The topological polar surface area (TPSA) is 0 Å². The summed E-state index contributed by atoms with van der Waals surface area (Å²) >= 11 is 0. The Morgan fingerprint density at radius 1 is 0.571 bits per heavy atom. The second-order valence-corrected chi connectivity index (χ2v) is 8.12. The van der Waals surface area contributed by atoms with Crippen molar-refractivity contribution in [2.75, 3.05) is 0 Å². The molecule has 1 spiro atoms. The first-order chi connectivity index (χ1) is 13.7. The largest absolute Gasteiger partial charge is 0.0725 e. The van der Waals surface area contributed by atoms with Gasteiger partial charge in [-0.25, -0.2) is 0 Å². The first-order valence-corrected chi connectivity index (χ1v) is 10.2. The van der Waals surface area contributed by atoms with E-state index in [-0.39, 0.29) is 5.41 Å². The second-order valence-electron chi connectivity index (χ2n) is 8.12. The van der Waals surface area contributed by atoms with Crippen LogP contribution >= 0.6 is 0 Å². The van der Waals surface area contributed by atoms with E-state index in [2.05, 4.69) is 98.8 Å². The summed E-state index contributed by atoms with van der Waals surface area (Å²) in [5, 5.41) is 0. The van der Waals surface area contributed by atoms with Crippen LogP contribution < -0.4 is 0 Å². The number of benzene rings is 4. The van der Waals surface area contributed by atoms with Crippen LogP contribution in [0.4, 0.5) is 0 Å². The number of rotatable bonds is 1. The maximum absolute atomic E-state index is 2.46. The van der Waals surface area contributed by atoms with E-state index >= 15 is 0 Å². The monoisotopic (exact) mass is 358 g/mol. The molecule has 0 amide bonds. The van der Waals surface area contributed by atoms with E-state index in [0.29, 0.717) is 0 Å². The molecule has 4 aromatic carbocycles. The molecule has 0 aromatic heterocycles. The van der Waals surface area contributed by atoms with Gasteiger partial charge in [0.05, 0.1) is 5.41 Å². The van der Waals surface area contributed by atoms with E-state index in [1.54, 1.807) is 0 Å². The van der Waals surface area contributed by atoms with Crippen LogP contribution in [0, 0.1) is 6.92 Å². The van der Waals surface area contributed by atoms with E-state index in [0.717, 1.165) is 6.42 Å². The minimum atomic E-state index is -0.198. The summed E-state index contributed by atoms with van der Waals surface area (Å²) in [4.78, 5) is 0. The van der Waals surface area contributed by atoms with Gasteiger partial charge in [-0.3, -0.25) is 0 Å². The van der Waals surface area contributed by atoms with Crippen LogP contribution in [0.5, 0.6) is 0 Å². The van der Waals surface area contributed by atoms with Crippen LogP contribution in [0.2, 0.25) is 0 Å². The number of hydrogen-bond acceptors (Lipinski definition) is 0. The summed E-state index contributed by atoms with van der Waals surface area (Å²) < 4.78 is 0. The van der Waals surface area contributed by atoms with Gasteiger partial charge in [0.25, 0.3) is 0 Å². The van der Waals surface area contributed by atoms with Crippen LogP contribution in [0.3, 0.4) is 0 Å². The third-order valence-electron chi connectivity index (χ3n) is 6.72. The van der Waals surface area contributed by atoms with Crippen molar-refractivity contribution in [3.05, 3.63) is 118 Å². The molecule has 4 aromatic rings. The molecule has 134 valence electrons. The third-order valence-corrected chi connectivity index (χ3v) is 6.72. The Balaban J connectivity index is 1.85. The van der Waals surface area contributed by atoms with Crippen molar-refractivity contribution in [2.24, 2.45) is 0 Å². The van der Waals surface area contributed by atoms with Gasteiger partial charge in [0.15, 0.2) is 0 Å². The van der Waals surface area contributed by atoms with Crippen LogP contribution in [-0.2, 0) is 11.8 Å². The minimum absolute atomic E-state index is 0.198. The predicted molar refractivity (Wildman–Crippen MR) is 117 cm³/mol. The molecule has 2 aliphatic rings. The Labute approximate surface area is 166 Å². The highest BCUT2D eigenvalue weighted by Gasteiger charge is 2.51. The lowest BCUT2D eigenvalue weighted by molar-refractivity contribution is 0.791. The molecule has 0 nitrogen and oxygen atoms in total. The normalized spacial score (nSPS) is 14.5. The molecule has 0 aliphatic heterocycles. The maximum Gasteiger partial charge on any atom is 0.0725 e. The summed E-state index contributed by atoms with van der Waals surface area (Å²) in [6.45, 7) is 4.44. The summed E-state index contributed by atoms with van der Waals surface area (Å²) in [6, 6.07) is 32.1. The molecule has 0 heterocycles. The highest BCUT2D eigenvalue weighted by Crippen LogP contribution is 2.62. The van der Waals surface area contributed by atoms with Crippen molar-refractivity contribution in [1.29, 1.82) is 0 Å². The molecule has 0 saturated carbocycles. The van der Waals surface area contributed by atoms with Crippen molar-refractivity contribution in [2.45, 2.75) is 25.7 Å². The molecule has 0 atom stereocenters. The molecule has 0 unspecified atom stereocenters. The van der Waals surface area contributed by atoms with E-state index in [1.165, 1.54) is 55.6 Å². The zero-order valence-electron chi connectivity index (χ0n) is 16.3. The SMILES string of the molecule is CCc1ccc2c(c1)C1(c3ccccc3-c3ccccc31)c1ccc(C)cc1-2. The lowest BCUT2D eigenvalue weighted by Gasteiger charge is -2.30. The summed E-state index contributed by atoms with van der Waals surface area (Å²) in [5.74, 6) is 0. The van der Waals surface area contributed by atoms with Crippen LogP contribution in [-0.4, -0.2) is 0 Å². The van der Waals surface area contributed by atoms with Crippen LogP contribution in [0.1, 0.15) is 40.3 Å². The highest BCUT2D eigenvalue weighted by molar-refractivity contribution is 5.95. The molecule has 28 heavy (non-hydrogen) atoms. The van der Waals surface area contributed by atoms with Gasteiger partial charge in [0.1, 0.15) is 0 Å². The Morgan fingerprint density at radius 3 is 1.86 bits per heavy atom. The average Bonchev–Trinajstić information content (AvgIpc) is 3.20. The first kappa shape index (κ1) is 15.9. The quantitative estimate of drug-likeness (QED) is 0.300. The van der Waals surface area contributed by atoms with E-state index in [4.69, 9.17) is 0 Å². The fourth-order valence-corrected chi connectivity index (χ4v) is 5.52. The fraction of sp³-hybridized carbons (Fsp3) is 0.143. The van der Waals surface area contributed by atoms with Gasteiger partial charge in [-0.05, 0) is 63.4 Å². The summed E-state index contributed by atoms with van der Waals surface area (Å²) in [6.07, 6.45) is 1.06. The molecule has 0 radical (unpaired) electrons. The second kappa shape index (κ2) is 5.45. The number of fused-ring (bicyclic) bond motifs is 10. The van der Waals surface area contributed by atoms with Crippen molar-refractivity contribution >= 4 is 0 Å². The average molecular weight is 358 g/mol. The molecule has 2 aliphatic carbocycles. The maximum atomic E-state index is 2.46. The van der Waals surface area contributed by atoms with Gasteiger partial charge in [0, 0.05) is 0 Å². The lowest BCUT2D eigenvalue weighted by atomic mass is 9.70. The predicted octanol–water partition coefficient (Wildman–Crippen LogP) is 6.90. The van der Waals surface area contributed by atoms with Crippen molar-refractivity contribution in [1.82, 2.24) is 0 Å². The Kier molecular flexibility index (Phi) is 3.09. The molecule has 0 bridgehead atoms. The lowest BCUT2D eigenvalue weighted by Crippen LogP contribution is -2.26. The first-order valence-electron chi connectivity index (χ1n) is 10.2. The third kappa shape index (κ3) is 1.76. The van der Waals surface area contributed by atoms with E-state index in [1.807, 2.05) is 0 Å².